The van der Waals surface area contributed by atoms with Crippen LogP contribution in [0.4, 0.5) is 0 Å². The second-order valence-corrected chi connectivity index (χ2v) is 9.25. The standard InChI is InChI=1S/C26H32N6O3/c1-5-20-10-19(6-7-34-20)32-23-21-9-16(18-13-29-31(4)14-18)8-15(2)24(21)35-25(23)22(30-26(32)33)17(11-27)12-28-3/h8-9,11-12,14,19-20,29H,5-7,10,13,27H2,1-4H3/t19-,20-/m0/s1. The Balaban J connectivity index is 1.84. The number of benzene rings is 1. The van der Waals surface area contributed by atoms with Crippen molar-refractivity contribution < 1.29 is 9.15 Å². The lowest BCUT2D eigenvalue weighted by atomic mass is 9.99. The maximum atomic E-state index is 13.6. The summed E-state index contributed by atoms with van der Waals surface area (Å²) in [5.41, 5.74) is 15.2. The Kier molecular flexibility index (Phi) is 6.21. The lowest BCUT2D eigenvalue weighted by Crippen LogP contribution is -2.34. The number of aromatic nitrogens is 2. The number of hydrazine groups is 1. The molecule has 9 heteroatoms. The van der Waals surface area contributed by atoms with Gasteiger partial charge in [-0.3, -0.25) is 9.56 Å². The molecule has 1 saturated heterocycles. The van der Waals surface area contributed by atoms with E-state index >= 15 is 0 Å². The molecule has 1 fully saturated rings. The molecule has 5 rings (SSSR count). The summed E-state index contributed by atoms with van der Waals surface area (Å²) >= 11 is 0. The molecule has 3 N–H and O–H groups in total. The van der Waals surface area contributed by atoms with Gasteiger partial charge in [-0.05, 0) is 55.0 Å². The molecule has 1 aromatic carbocycles. The van der Waals surface area contributed by atoms with Crippen LogP contribution >= 0.6 is 0 Å². The third-order valence-electron chi connectivity index (χ3n) is 6.94. The molecule has 0 radical (unpaired) electrons. The first-order chi connectivity index (χ1) is 16.9. The number of ether oxygens (including phenoxy) is 1. The molecule has 0 aliphatic carbocycles. The van der Waals surface area contributed by atoms with Crippen molar-refractivity contribution in [1.82, 2.24) is 20.0 Å². The van der Waals surface area contributed by atoms with E-state index in [2.05, 4.69) is 40.7 Å². The van der Waals surface area contributed by atoms with E-state index < -0.39 is 0 Å². The Morgan fingerprint density at radius 2 is 2.20 bits per heavy atom. The van der Waals surface area contributed by atoms with E-state index in [-0.39, 0.29) is 17.8 Å². The van der Waals surface area contributed by atoms with Crippen LogP contribution in [0.25, 0.3) is 33.2 Å². The SMILES string of the molecule is CC[C@H]1C[C@@H](n2c(=O)nc(C(C=NC)=CN)c3oc4c(C)cc(C5=CN(C)NC5)cc4c32)CCO1. The van der Waals surface area contributed by atoms with Crippen molar-refractivity contribution in [1.29, 1.82) is 0 Å². The Hall–Kier alpha value is -3.43. The fourth-order valence-electron chi connectivity index (χ4n) is 5.19. The number of hydrogen-bond acceptors (Lipinski definition) is 8. The van der Waals surface area contributed by atoms with Crippen LogP contribution in [0.1, 0.15) is 49.0 Å². The maximum Gasteiger partial charge on any atom is 0.349 e. The number of aliphatic imine (C=N–C) groups is 1. The number of nitrogens with one attached hydrogen (secondary N) is 1. The highest BCUT2D eigenvalue weighted by Crippen LogP contribution is 2.38. The van der Waals surface area contributed by atoms with Crippen molar-refractivity contribution in [3.05, 3.63) is 51.8 Å². The summed E-state index contributed by atoms with van der Waals surface area (Å²) in [6, 6.07) is 4.22. The van der Waals surface area contributed by atoms with Crippen LogP contribution in [0.2, 0.25) is 0 Å². The molecular weight excluding hydrogens is 444 g/mol. The Bertz CT molecular complexity index is 1430. The molecule has 0 spiro atoms. The normalized spacial score (nSPS) is 21.5. The highest BCUT2D eigenvalue weighted by molar-refractivity contribution is 6.15. The zero-order valence-corrected chi connectivity index (χ0v) is 20.7. The van der Waals surface area contributed by atoms with Crippen LogP contribution in [0.3, 0.4) is 0 Å². The van der Waals surface area contributed by atoms with E-state index in [1.807, 2.05) is 23.5 Å². The van der Waals surface area contributed by atoms with Crippen LogP contribution in [0.5, 0.6) is 0 Å². The molecule has 3 aromatic rings. The summed E-state index contributed by atoms with van der Waals surface area (Å²) in [7, 11) is 3.64. The number of rotatable bonds is 5. The van der Waals surface area contributed by atoms with Gasteiger partial charge in [0.05, 0.1) is 6.10 Å². The Morgan fingerprint density at radius 3 is 2.89 bits per heavy atom. The molecule has 35 heavy (non-hydrogen) atoms. The molecule has 4 heterocycles. The average molecular weight is 477 g/mol. The molecule has 2 atom stereocenters. The fraction of sp³-hybridized carbons (Fsp3) is 0.423. The van der Waals surface area contributed by atoms with Gasteiger partial charge >= 0.3 is 5.69 Å². The van der Waals surface area contributed by atoms with Gasteiger partial charge in [0, 0.05) is 62.9 Å². The minimum Gasteiger partial charge on any atom is -0.452 e. The van der Waals surface area contributed by atoms with Gasteiger partial charge < -0.3 is 19.9 Å². The van der Waals surface area contributed by atoms with Crippen LogP contribution in [-0.4, -0.2) is 54.1 Å². The third kappa shape index (κ3) is 4.04. The van der Waals surface area contributed by atoms with Crippen molar-refractivity contribution in [3.8, 4) is 0 Å². The van der Waals surface area contributed by atoms with Crippen LogP contribution in [0, 0.1) is 6.92 Å². The van der Waals surface area contributed by atoms with Gasteiger partial charge in [0.25, 0.3) is 0 Å². The Labute approximate surface area is 203 Å². The van der Waals surface area contributed by atoms with Gasteiger partial charge in [-0.2, -0.15) is 4.98 Å². The van der Waals surface area contributed by atoms with Gasteiger partial charge in [0.15, 0.2) is 5.58 Å². The summed E-state index contributed by atoms with van der Waals surface area (Å²) in [5, 5.41) is 2.85. The van der Waals surface area contributed by atoms with E-state index in [4.69, 9.17) is 14.9 Å². The van der Waals surface area contributed by atoms with Gasteiger partial charge in [-0.1, -0.05) is 6.92 Å². The molecule has 0 unspecified atom stereocenters. The highest BCUT2D eigenvalue weighted by Gasteiger charge is 2.29. The lowest BCUT2D eigenvalue weighted by molar-refractivity contribution is -0.00711. The van der Waals surface area contributed by atoms with Crippen molar-refractivity contribution >= 4 is 39.4 Å². The van der Waals surface area contributed by atoms with Crippen molar-refractivity contribution in [2.24, 2.45) is 10.7 Å². The number of furan rings is 1. The van der Waals surface area contributed by atoms with Gasteiger partial charge in [-0.25, -0.2) is 10.2 Å². The molecule has 0 bridgehead atoms. The first-order valence-corrected chi connectivity index (χ1v) is 12.1. The first kappa shape index (κ1) is 23.3. The van der Waals surface area contributed by atoms with E-state index in [1.54, 1.807) is 13.3 Å². The van der Waals surface area contributed by atoms with Crippen LogP contribution < -0.4 is 16.8 Å². The van der Waals surface area contributed by atoms with Crippen molar-refractivity contribution in [2.75, 3.05) is 27.2 Å². The smallest absolute Gasteiger partial charge is 0.349 e. The molecule has 184 valence electrons. The molecule has 2 aromatic heterocycles. The quantitative estimate of drug-likeness (QED) is 0.543. The van der Waals surface area contributed by atoms with Crippen molar-refractivity contribution in [2.45, 2.75) is 45.3 Å². The summed E-state index contributed by atoms with van der Waals surface area (Å²) in [6.07, 6.45) is 7.61. The zero-order valence-electron chi connectivity index (χ0n) is 20.7. The van der Waals surface area contributed by atoms with E-state index in [9.17, 15) is 4.79 Å². The third-order valence-corrected chi connectivity index (χ3v) is 6.94. The summed E-state index contributed by atoms with van der Waals surface area (Å²) in [4.78, 5) is 22.2. The summed E-state index contributed by atoms with van der Waals surface area (Å²) in [5.74, 6) is 0. The number of nitrogens with two attached hydrogens (primary N) is 1. The Morgan fingerprint density at radius 1 is 1.37 bits per heavy atom. The highest BCUT2D eigenvalue weighted by atomic mass is 16.5. The lowest BCUT2D eigenvalue weighted by Gasteiger charge is -2.30. The summed E-state index contributed by atoms with van der Waals surface area (Å²) in [6.45, 7) is 5.49. The van der Waals surface area contributed by atoms with Gasteiger partial charge in [-0.15, -0.1) is 0 Å². The monoisotopic (exact) mass is 476 g/mol. The topological polar surface area (TPSA) is 111 Å². The number of fused-ring (bicyclic) bond motifs is 3. The predicted octanol–water partition coefficient (Wildman–Crippen LogP) is 3.37. The minimum absolute atomic E-state index is 0.0290. The van der Waals surface area contributed by atoms with E-state index in [0.29, 0.717) is 23.5 Å². The van der Waals surface area contributed by atoms with Crippen molar-refractivity contribution in [3.63, 3.8) is 0 Å². The molecule has 9 nitrogen and oxygen atoms in total. The molecule has 2 aliphatic rings. The van der Waals surface area contributed by atoms with E-state index in [0.717, 1.165) is 53.4 Å². The number of aryl methyl sites for hydroxylation is 1. The fourth-order valence-corrected chi connectivity index (χ4v) is 5.19. The van der Waals surface area contributed by atoms with Crippen LogP contribution in [-0.2, 0) is 4.74 Å². The van der Waals surface area contributed by atoms with Gasteiger partial charge in [0.2, 0.25) is 0 Å². The largest absolute Gasteiger partial charge is 0.452 e. The molecule has 0 amide bonds. The second-order valence-electron chi connectivity index (χ2n) is 9.25. The number of allylic oxidation sites excluding steroid dienone is 1. The summed E-state index contributed by atoms with van der Waals surface area (Å²) < 4.78 is 14.2. The average Bonchev–Trinajstić information content (AvgIpc) is 3.46. The molecule has 2 aliphatic heterocycles. The zero-order chi connectivity index (χ0) is 24.7. The predicted molar refractivity (Wildman–Crippen MR) is 139 cm³/mol. The van der Waals surface area contributed by atoms with E-state index in [1.165, 1.54) is 11.8 Å². The first-order valence-electron chi connectivity index (χ1n) is 12.1. The molecular formula is C26H32N6O3. The molecule has 0 saturated carbocycles. The van der Waals surface area contributed by atoms with Crippen LogP contribution in [0.15, 0.2) is 38.7 Å². The van der Waals surface area contributed by atoms with Gasteiger partial charge in [0.1, 0.15) is 16.8 Å². The number of hydrogen-bond donors (Lipinski definition) is 2. The maximum absolute atomic E-state index is 13.6. The second kappa shape index (κ2) is 9.31. The number of nitrogens with zero attached hydrogens (tertiary/aromatic N) is 4. The minimum atomic E-state index is -0.314.